The Hall–Kier alpha value is -2.86. The summed E-state index contributed by atoms with van der Waals surface area (Å²) in [7, 11) is 3.32. The van der Waals surface area contributed by atoms with Gasteiger partial charge in [-0.05, 0) is 49.1 Å². The molecule has 5 heteroatoms. The number of ether oxygens (including phenoxy) is 2. The first-order valence-electron chi connectivity index (χ1n) is 11.9. The van der Waals surface area contributed by atoms with Gasteiger partial charge in [-0.15, -0.1) is 0 Å². The van der Waals surface area contributed by atoms with Crippen molar-refractivity contribution in [1.82, 2.24) is 9.80 Å². The fourth-order valence-electron chi connectivity index (χ4n) is 5.44. The van der Waals surface area contributed by atoms with E-state index in [2.05, 4.69) is 89.5 Å². The molecule has 4 rings (SSSR count). The average molecular weight is 461 g/mol. The smallest absolute Gasteiger partial charge is 0.160 e. The van der Waals surface area contributed by atoms with E-state index in [-0.39, 0.29) is 11.6 Å². The minimum atomic E-state index is -0.529. The van der Waals surface area contributed by atoms with Gasteiger partial charge in [-0.2, -0.15) is 0 Å². The largest absolute Gasteiger partial charge is 0.493 e. The molecule has 0 aromatic heterocycles. The Morgan fingerprint density at radius 2 is 1.44 bits per heavy atom. The van der Waals surface area contributed by atoms with Gasteiger partial charge < -0.3 is 14.6 Å². The first-order valence-corrected chi connectivity index (χ1v) is 11.9. The molecule has 3 aromatic rings. The second-order valence-electron chi connectivity index (χ2n) is 9.38. The summed E-state index contributed by atoms with van der Waals surface area (Å²) in [6, 6.07) is 27.7. The van der Waals surface area contributed by atoms with Crippen molar-refractivity contribution in [3.8, 4) is 11.5 Å². The van der Waals surface area contributed by atoms with Gasteiger partial charge in [0.15, 0.2) is 11.5 Å². The number of piperazine rings is 1. The van der Waals surface area contributed by atoms with Crippen molar-refractivity contribution in [3.05, 3.63) is 95.6 Å². The van der Waals surface area contributed by atoms with Crippen molar-refractivity contribution in [1.29, 1.82) is 0 Å². The van der Waals surface area contributed by atoms with Crippen LogP contribution in [0.2, 0.25) is 0 Å². The van der Waals surface area contributed by atoms with E-state index in [1.165, 1.54) is 11.1 Å². The summed E-state index contributed by atoms with van der Waals surface area (Å²) < 4.78 is 11.0. The fraction of sp³-hybridized carbons (Fsp3) is 0.379. The van der Waals surface area contributed by atoms with Gasteiger partial charge >= 0.3 is 0 Å². The molecule has 180 valence electrons. The van der Waals surface area contributed by atoms with E-state index in [0.717, 1.165) is 43.1 Å². The highest BCUT2D eigenvalue weighted by Crippen LogP contribution is 2.37. The molecule has 0 saturated carbocycles. The lowest BCUT2D eigenvalue weighted by molar-refractivity contribution is -0.0969. The lowest BCUT2D eigenvalue weighted by atomic mass is 9.85. The first-order chi connectivity index (χ1) is 16.4. The van der Waals surface area contributed by atoms with Gasteiger partial charge in [0.1, 0.15) is 6.23 Å². The zero-order chi connectivity index (χ0) is 24.1. The van der Waals surface area contributed by atoms with Crippen LogP contribution >= 0.6 is 0 Å². The molecule has 2 unspecified atom stereocenters. The molecule has 5 nitrogen and oxygen atoms in total. The Balaban J connectivity index is 1.69. The predicted octanol–water partition coefficient (Wildman–Crippen LogP) is 4.75. The molecule has 1 aliphatic rings. The maximum absolute atomic E-state index is 10.7. The Morgan fingerprint density at radius 3 is 1.97 bits per heavy atom. The number of nitrogens with zero attached hydrogens (tertiary/aromatic N) is 2. The molecule has 1 heterocycles. The van der Waals surface area contributed by atoms with Crippen LogP contribution in [0.4, 0.5) is 0 Å². The molecule has 0 amide bonds. The zero-order valence-electron chi connectivity index (χ0n) is 20.6. The van der Waals surface area contributed by atoms with Gasteiger partial charge in [-0.3, -0.25) is 9.80 Å². The molecular weight excluding hydrogens is 424 g/mol. The topological polar surface area (TPSA) is 45.2 Å². The maximum atomic E-state index is 10.7. The van der Waals surface area contributed by atoms with Gasteiger partial charge in [0.05, 0.1) is 20.3 Å². The molecule has 0 bridgehead atoms. The van der Waals surface area contributed by atoms with Crippen LogP contribution in [-0.2, 0) is 6.42 Å². The summed E-state index contributed by atoms with van der Waals surface area (Å²) in [5.41, 5.74) is 3.46. The quantitative estimate of drug-likeness (QED) is 0.526. The molecule has 34 heavy (non-hydrogen) atoms. The van der Waals surface area contributed by atoms with E-state index in [1.807, 2.05) is 13.0 Å². The van der Waals surface area contributed by atoms with E-state index in [9.17, 15) is 5.11 Å². The molecule has 0 radical (unpaired) electrons. The minimum absolute atomic E-state index is 0.156. The maximum Gasteiger partial charge on any atom is 0.160 e. The van der Waals surface area contributed by atoms with Crippen LogP contribution in [-0.4, -0.2) is 60.5 Å². The normalized spacial score (nSPS) is 20.3. The average Bonchev–Trinajstić information content (AvgIpc) is 2.85. The number of benzene rings is 3. The Kier molecular flexibility index (Phi) is 7.57. The van der Waals surface area contributed by atoms with Crippen molar-refractivity contribution in [3.63, 3.8) is 0 Å². The Morgan fingerprint density at radius 1 is 0.853 bits per heavy atom. The number of aliphatic hydroxyl groups excluding tert-OH is 1. The monoisotopic (exact) mass is 460 g/mol. The van der Waals surface area contributed by atoms with Gasteiger partial charge in [0, 0.05) is 25.2 Å². The van der Waals surface area contributed by atoms with Crippen molar-refractivity contribution >= 4 is 0 Å². The van der Waals surface area contributed by atoms with Crippen molar-refractivity contribution < 1.29 is 14.6 Å². The number of rotatable bonds is 8. The molecule has 0 aliphatic carbocycles. The van der Waals surface area contributed by atoms with E-state index < -0.39 is 6.23 Å². The highest BCUT2D eigenvalue weighted by atomic mass is 16.5. The Bertz CT molecular complexity index is 1020. The minimum Gasteiger partial charge on any atom is -0.493 e. The van der Waals surface area contributed by atoms with E-state index >= 15 is 0 Å². The third-order valence-electron chi connectivity index (χ3n) is 6.94. The third-order valence-corrected chi connectivity index (χ3v) is 6.94. The first kappa shape index (κ1) is 24.3. The van der Waals surface area contributed by atoms with Crippen LogP contribution in [0.3, 0.4) is 0 Å². The molecular formula is C29H36N2O3. The van der Waals surface area contributed by atoms with Crippen LogP contribution in [0.15, 0.2) is 78.9 Å². The van der Waals surface area contributed by atoms with Crippen LogP contribution in [0, 0.1) is 0 Å². The van der Waals surface area contributed by atoms with Crippen LogP contribution < -0.4 is 9.47 Å². The van der Waals surface area contributed by atoms with Crippen LogP contribution in [0.5, 0.6) is 11.5 Å². The van der Waals surface area contributed by atoms with Crippen molar-refractivity contribution in [2.75, 3.05) is 33.9 Å². The summed E-state index contributed by atoms with van der Waals surface area (Å²) in [5.74, 6) is 1.45. The molecule has 3 aromatic carbocycles. The van der Waals surface area contributed by atoms with E-state index in [4.69, 9.17) is 9.47 Å². The standard InChI is InChI=1S/C29H36N2O3/c1-22(32)31-18-17-30(28(24-11-7-5-8-12-24)25-13-9-6-10-14-25)21-29(31,2)20-23-15-16-26(33-3)27(19-23)34-4/h5-16,19,22,28,32H,17-18,20-21H2,1-4H3. The molecule has 1 aliphatic heterocycles. The summed E-state index contributed by atoms with van der Waals surface area (Å²) in [4.78, 5) is 4.79. The summed E-state index contributed by atoms with van der Waals surface area (Å²) >= 11 is 0. The van der Waals surface area contributed by atoms with Gasteiger partial charge in [0.2, 0.25) is 0 Å². The summed E-state index contributed by atoms with van der Waals surface area (Å²) in [5, 5.41) is 10.7. The SMILES string of the molecule is COc1ccc(CC2(C)CN(C(c3ccccc3)c3ccccc3)CCN2C(C)O)cc1OC. The molecule has 0 spiro atoms. The van der Waals surface area contributed by atoms with Crippen LogP contribution in [0.25, 0.3) is 0 Å². The second-order valence-corrected chi connectivity index (χ2v) is 9.38. The predicted molar refractivity (Wildman–Crippen MR) is 136 cm³/mol. The molecule has 1 fully saturated rings. The fourth-order valence-corrected chi connectivity index (χ4v) is 5.44. The third kappa shape index (κ3) is 5.12. The Labute approximate surface area is 203 Å². The van der Waals surface area contributed by atoms with Crippen LogP contribution in [0.1, 0.15) is 36.6 Å². The summed E-state index contributed by atoms with van der Waals surface area (Å²) in [6.07, 6.45) is 0.254. The highest BCUT2D eigenvalue weighted by Gasteiger charge is 2.42. The van der Waals surface area contributed by atoms with Gasteiger partial charge in [-0.1, -0.05) is 66.7 Å². The number of methoxy groups -OCH3 is 2. The molecule has 2 atom stereocenters. The lowest BCUT2D eigenvalue weighted by Gasteiger charge is -2.52. The zero-order valence-corrected chi connectivity index (χ0v) is 20.6. The molecule has 1 N–H and O–H groups in total. The highest BCUT2D eigenvalue weighted by molar-refractivity contribution is 5.43. The molecule has 1 saturated heterocycles. The lowest BCUT2D eigenvalue weighted by Crippen LogP contribution is -2.64. The number of aliphatic hydroxyl groups is 1. The van der Waals surface area contributed by atoms with Crippen molar-refractivity contribution in [2.24, 2.45) is 0 Å². The number of hydrogen-bond donors (Lipinski definition) is 1. The van der Waals surface area contributed by atoms with E-state index in [1.54, 1.807) is 14.2 Å². The van der Waals surface area contributed by atoms with Gasteiger partial charge in [0.25, 0.3) is 0 Å². The summed E-state index contributed by atoms with van der Waals surface area (Å²) in [6.45, 7) is 6.61. The second kappa shape index (κ2) is 10.6. The number of hydrogen-bond acceptors (Lipinski definition) is 5. The van der Waals surface area contributed by atoms with Crippen molar-refractivity contribution in [2.45, 2.75) is 38.1 Å². The van der Waals surface area contributed by atoms with E-state index in [0.29, 0.717) is 0 Å². The van der Waals surface area contributed by atoms with Gasteiger partial charge in [-0.25, -0.2) is 0 Å².